The fourth-order valence-electron chi connectivity index (χ4n) is 2.36. The molecule has 0 aliphatic heterocycles. The van der Waals surface area contributed by atoms with Gasteiger partial charge < -0.3 is 10.1 Å². The predicted molar refractivity (Wildman–Crippen MR) is 79.4 cm³/mol. The van der Waals surface area contributed by atoms with E-state index in [2.05, 4.69) is 17.4 Å². The number of ether oxygens (including phenoxy) is 1. The zero-order valence-corrected chi connectivity index (χ0v) is 12.2. The second-order valence-corrected chi connectivity index (χ2v) is 5.01. The third-order valence-electron chi connectivity index (χ3n) is 3.17. The summed E-state index contributed by atoms with van der Waals surface area (Å²) in [6.45, 7) is 5.29. The highest BCUT2D eigenvalue weighted by atomic mass is 19.1. The van der Waals surface area contributed by atoms with Crippen molar-refractivity contribution < 1.29 is 9.13 Å². The Hall–Kier alpha value is -1.87. The first kappa shape index (κ1) is 14.5. The predicted octanol–water partition coefficient (Wildman–Crippen LogP) is 3.74. The molecule has 0 bridgehead atoms. The number of benzene rings is 2. The summed E-state index contributed by atoms with van der Waals surface area (Å²) in [5.41, 5.74) is 4.28. The average Bonchev–Trinajstić information content (AvgIpc) is 2.38. The number of nitrogens with one attached hydrogen (secondary N) is 1. The van der Waals surface area contributed by atoms with Crippen LogP contribution in [0.5, 0.6) is 5.75 Å². The number of rotatable bonds is 5. The Bertz CT molecular complexity index is 572. The molecule has 0 amide bonds. The largest absolute Gasteiger partial charge is 0.488 e. The van der Waals surface area contributed by atoms with Crippen LogP contribution in [0.1, 0.15) is 22.3 Å². The van der Waals surface area contributed by atoms with Gasteiger partial charge in [-0.05, 0) is 55.3 Å². The first-order chi connectivity index (χ1) is 9.60. The second-order valence-electron chi connectivity index (χ2n) is 5.01. The van der Waals surface area contributed by atoms with Gasteiger partial charge in [0.05, 0.1) is 0 Å². The summed E-state index contributed by atoms with van der Waals surface area (Å²) >= 11 is 0. The van der Waals surface area contributed by atoms with Gasteiger partial charge in [-0.15, -0.1) is 0 Å². The fourth-order valence-corrected chi connectivity index (χ4v) is 2.36. The third-order valence-corrected chi connectivity index (χ3v) is 3.17. The van der Waals surface area contributed by atoms with Crippen molar-refractivity contribution in [3.05, 3.63) is 64.5 Å². The van der Waals surface area contributed by atoms with Gasteiger partial charge in [-0.3, -0.25) is 0 Å². The Morgan fingerprint density at radius 2 is 1.75 bits per heavy atom. The molecule has 0 spiro atoms. The molecule has 0 atom stereocenters. The topological polar surface area (TPSA) is 21.3 Å². The molecule has 0 aromatic heterocycles. The van der Waals surface area contributed by atoms with Gasteiger partial charge in [0.25, 0.3) is 0 Å². The molecule has 0 saturated heterocycles. The highest BCUT2D eigenvalue weighted by molar-refractivity contribution is 5.43. The monoisotopic (exact) mass is 273 g/mol. The van der Waals surface area contributed by atoms with Crippen molar-refractivity contribution in [2.45, 2.75) is 27.0 Å². The van der Waals surface area contributed by atoms with E-state index in [0.717, 1.165) is 29.0 Å². The van der Waals surface area contributed by atoms with Gasteiger partial charge >= 0.3 is 0 Å². The van der Waals surface area contributed by atoms with Crippen LogP contribution in [0.3, 0.4) is 0 Å². The molecule has 0 aliphatic carbocycles. The summed E-state index contributed by atoms with van der Waals surface area (Å²) < 4.78 is 19.0. The van der Waals surface area contributed by atoms with E-state index < -0.39 is 0 Å². The highest BCUT2D eigenvalue weighted by Gasteiger charge is 2.07. The third kappa shape index (κ3) is 3.58. The number of hydrogen-bond donors (Lipinski definition) is 1. The molecule has 2 rings (SSSR count). The summed E-state index contributed by atoms with van der Waals surface area (Å²) in [4.78, 5) is 0. The van der Waals surface area contributed by atoms with Crippen LogP contribution in [-0.4, -0.2) is 7.05 Å². The van der Waals surface area contributed by atoms with E-state index in [4.69, 9.17) is 4.74 Å². The minimum Gasteiger partial charge on any atom is -0.488 e. The fraction of sp³-hybridized carbons (Fsp3) is 0.294. The van der Waals surface area contributed by atoms with Crippen molar-refractivity contribution in [1.82, 2.24) is 5.32 Å². The molecule has 106 valence electrons. The van der Waals surface area contributed by atoms with Crippen LogP contribution in [0, 0.1) is 19.7 Å². The van der Waals surface area contributed by atoms with Gasteiger partial charge in [-0.1, -0.05) is 24.3 Å². The molecule has 2 aromatic rings. The van der Waals surface area contributed by atoms with Crippen LogP contribution in [0.2, 0.25) is 0 Å². The molecule has 20 heavy (non-hydrogen) atoms. The molecule has 2 nitrogen and oxygen atoms in total. The first-order valence-electron chi connectivity index (χ1n) is 6.72. The van der Waals surface area contributed by atoms with Crippen molar-refractivity contribution in [3.63, 3.8) is 0 Å². The second kappa shape index (κ2) is 6.53. The Morgan fingerprint density at radius 3 is 2.35 bits per heavy atom. The molecule has 0 unspecified atom stereocenters. The average molecular weight is 273 g/mol. The van der Waals surface area contributed by atoms with Gasteiger partial charge in [0, 0.05) is 6.54 Å². The van der Waals surface area contributed by atoms with Crippen molar-refractivity contribution in [2.75, 3.05) is 7.05 Å². The summed E-state index contributed by atoms with van der Waals surface area (Å²) in [5, 5.41) is 3.14. The van der Waals surface area contributed by atoms with Crippen LogP contribution in [0.25, 0.3) is 0 Å². The van der Waals surface area contributed by atoms with E-state index in [9.17, 15) is 4.39 Å². The zero-order chi connectivity index (χ0) is 14.5. The zero-order valence-electron chi connectivity index (χ0n) is 12.2. The summed E-state index contributed by atoms with van der Waals surface area (Å²) in [6, 6.07) is 10.7. The maximum atomic E-state index is 13.1. The molecule has 2 aromatic carbocycles. The minimum absolute atomic E-state index is 0.232. The molecule has 0 radical (unpaired) electrons. The van der Waals surface area contributed by atoms with Crippen molar-refractivity contribution in [2.24, 2.45) is 0 Å². The van der Waals surface area contributed by atoms with Crippen molar-refractivity contribution in [1.29, 1.82) is 0 Å². The molecular weight excluding hydrogens is 253 g/mol. The van der Waals surface area contributed by atoms with Crippen molar-refractivity contribution in [3.8, 4) is 5.75 Å². The minimum atomic E-state index is -0.232. The Morgan fingerprint density at radius 1 is 1.05 bits per heavy atom. The lowest BCUT2D eigenvalue weighted by molar-refractivity contribution is 0.301. The SMILES string of the molecule is CNCc1cc(C)c(OCc2cccc(F)c2)c(C)c1. The van der Waals surface area contributed by atoms with Crippen LogP contribution in [0.4, 0.5) is 4.39 Å². The molecule has 0 aliphatic rings. The van der Waals surface area contributed by atoms with Crippen LogP contribution < -0.4 is 10.1 Å². The van der Waals surface area contributed by atoms with Crippen molar-refractivity contribution >= 4 is 0 Å². The maximum Gasteiger partial charge on any atom is 0.125 e. The smallest absolute Gasteiger partial charge is 0.125 e. The first-order valence-corrected chi connectivity index (χ1v) is 6.72. The maximum absolute atomic E-state index is 13.1. The van der Waals surface area contributed by atoms with Crippen LogP contribution in [0.15, 0.2) is 36.4 Å². The summed E-state index contributed by atoms with van der Waals surface area (Å²) in [6.07, 6.45) is 0. The molecular formula is C17H20FNO. The summed E-state index contributed by atoms with van der Waals surface area (Å²) in [5.74, 6) is 0.651. The van der Waals surface area contributed by atoms with Gasteiger partial charge in [-0.25, -0.2) is 4.39 Å². The molecule has 0 saturated carbocycles. The van der Waals surface area contributed by atoms with Gasteiger partial charge in [0.15, 0.2) is 0 Å². The van der Waals surface area contributed by atoms with E-state index in [0.29, 0.717) is 6.61 Å². The van der Waals surface area contributed by atoms with Crippen LogP contribution in [-0.2, 0) is 13.2 Å². The van der Waals surface area contributed by atoms with Crippen LogP contribution >= 0.6 is 0 Å². The number of halogens is 1. The van der Waals surface area contributed by atoms with E-state index in [1.54, 1.807) is 6.07 Å². The normalized spacial score (nSPS) is 10.6. The lowest BCUT2D eigenvalue weighted by atomic mass is 10.1. The van der Waals surface area contributed by atoms with Gasteiger partial charge in [0.1, 0.15) is 18.2 Å². The standard InChI is InChI=1S/C17H20FNO/c1-12-7-15(10-19-3)8-13(2)17(12)20-11-14-5-4-6-16(18)9-14/h4-9,19H,10-11H2,1-3H3. The Labute approximate surface area is 119 Å². The van der Waals surface area contributed by atoms with Gasteiger partial charge in [0.2, 0.25) is 0 Å². The van der Waals surface area contributed by atoms with E-state index in [1.165, 1.54) is 17.7 Å². The number of aryl methyl sites for hydroxylation is 2. The summed E-state index contributed by atoms with van der Waals surface area (Å²) in [7, 11) is 1.93. The van der Waals surface area contributed by atoms with E-state index in [1.807, 2.05) is 27.0 Å². The molecule has 0 fully saturated rings. The Balaban J connectivity index is 2.13. The lowest BCUT2D eigenvalue weighted by Crippen LogP contribution is -2.06. The Kier molecular flexibility index (Phi) is 4.74. The lowest BCUT2D eigenvalue weighted by Gasteiger charge is -2.14. The highest BCUT2D eigenvalue weighted by Crippen LogP contribution is 2.25. The van der Waals surface area contributed by atoms with E-state index in [-0.39, 0.29) is 5.82 Å². The van der Waals surface area contributed by atoms with Gasteiger partial charge in [-0.2, -0.15) is 0 Å². The molecule has 0 heterocycles. The molecule has 3 heteroatoms. The quantitative estimate of drug-likeness (QED) is 0.896. The number of hydrogen-bond acceptors (Lipinski definition) is 2. The van der Waals surface area contributed by atoms with E-state index >= 15 is 0 Å². The molecule has 1 N–H and O–H groups in total.